The Morgan fingerprint density at radius 3 is 1.78 bits per heavy atom. The first-order valence-electron chi connectivity index (χ1n) is 15.5. The van der Waals surface area contributed by atoms with Gasteiger partial charge in [-0.25, -0.2) is 9.97 Å². The molecule has 4 nitrogen and oxygen atoms in total. The zero-order valence-corrected chi connectivity index (χ0v) is 24.7. The van der Waals surface area contributed by atoms with Crippen LogP contribution in [0.1, 0.15) is 0 Å². The first-order valence-corrected chi connectivity index (χ1v) is 15.5. The van der Waals surface area contributed by atoms with E-state index in [9.17, 15) is 0 Å². The summed E-state index contributed by atoms with van der Waals surface area (Å²) in [5, 5.41) is 6.89. The van der Waals surface area contributed by atoms with Crippen LogP contribution in [0, 0.1) is 0 Å². The van der Waals surface area contributed by atoms with Gasteiger partial charge in [-0.05, 0) is 46.2 Å². The van der Waals surface area contributed by atoms with E-state index in [2.05, 4.69) is 120 Å². The van der Waals surface area contributed by atoms with Gasteiger partial charge in [-0.1, -0.05) is 127 Å². The molecule has 0 bridgehead atoms. The molecule has 214 valence electrons. The van der Waals surface area contributed by atoms with E-state index < -0.39 is 0 Å². The van der Waals surface area contributed by atoms with Crippen molar-refractivity contribution in [2.24, 2.45) is 0 Å². The van der Waals surface area contributed by atoms with E-state index in [1.165, 1.54) is 16.3 Å². The van der Waals surface area contributed by atoms with Crippen LogP contribution in [0.25, 0.3) is 93.8 Å². The highest BCUT2D eigenvalue weighted by atomic mass is 16.3. The van der Waals surface area contributed by atoms with Gasteiger partial charge < -0.3 is 4.42 Å². The number of hydrogen-bond acceptors (Lipinski definition) is 3. The normalized spacial score (nSPS) is 11.9. The van der Waals surface area contributed by atoms with Crippen molar-refractivity contribution in [1.29, 1.82) is 0 Å². The molecule has 0 aliphatic carbocycles. The first kappa shape index (κ1) is 25.1. The summed E-state index contributed by atoms with van der Waals surface area (Å²) in [6.45, 7) is 0. The fourth-order valence-corrected chi connectivity index (χ4v) is 7.14. The smallest absolute Gasteiger partial charge is 0.165 e. The highest BCUT2D eigenvalue weighted by Crippen LogP contribution is 2.46. The van der Waals surface area contributed by atoms with Crippen LogP contribution in [-0.4, -0.2) is 14.5 Å². The molecular formula is C42H25N3O. The van der Waals surface area contributed by atoms with Crippen LogP contribution in [0.2, 0.25) is 0 Å². The third kappa shape index (κ3) is 3.55. The number of hydrogen-bond donors (Lipinski definition) is 0. The molecule has 0 saturated heterocycles. The fourth-order valence-electron chi connectivity index (χ4n) is 7.14. The Morgan fingerprint density at radius 2 is 1.00 bits per heavy atom. The molecule has 3 aromatic heterocycles. The van der Waals surface area contributed by atoms with Crippen LogP contribution in [0.4, 0.5) is 0 Å². The van der Waals surface area contributed by atoms with Crippen molar-refractivity contribution in [3.8, 4) is 28.2 Å². The lowest BCUT2D eigenvalue weighted by atomic mass is 9.99. The van der Waals surface area contributed by atoms with Crippen LogP contribution in [0.3, 0.4) is 0 Å². The fraction of sp³-hybridized carbons (Fsp3) is 0. The number of furan rings is 1. The molecule has 0 aliphatic heterocycles. The van der Waals surface area contributed by atoms with Crippen molar-refractivity contribution in [2.45, 2.75) is 0 Å². The summed E-state index contributed by atoms with van der Waals surface area (Å²) in [4.78, 5) is 10.7. The molecule has 0 unspecified atom stereocenters. The Labute approximate surface area is 263 Å². The SMILES string of the molecule is c1ccc(-c2ccc(-c3nc4ccccc4nc3-n3c4ccccc4c4c5ccccc5c5c6ccccc6oc5c43)cc2)cc1. The van der Waals surface area contributed by atoms with E-state index in [-0.39, 0.29) is 0 Å². The predicted octanol–water partition coefficient (Wildman–Crippen LogP) is 11.1. The molecule has 10 rings (SSSR count). The van der Waals surface area contributed by atoms with E-state index in [1.54, 1.807) is 0 Å². The molecule has 0 saturated carbocycles. The van der Waals surface area contributed by atoms with E-state index in [0.29, 0.717) is 0 Å². The van der Waals surface area contributed by atoms with Gasteiger partial charge >= 0.3 is 0 Å². The van der Waals surface area contributed by atoms with Gasteiger partial charge in [0.1, 0.15) is 11.3 Å². The van der Waals surface area contributed by atoms with Crippen LogP contribution in [0.15, 0.2) is 156 Å². The Morgan fingerprint density at radius 1 is 0.435 bits per heavy atom. The van der Waals surface area contributed by atoms with Crippen molar-refractivity contribution in [3.63, 3.8) is 0 Å². The number of aromatic nitrogens is 3. The molecule has 3 heterocycles. The molecule has 0 fully saturated rings. The highest BCUT2D eigenvalue weighted by molar-refractivity contribution is 6.35. The summed E-state index contributed by atoms with van der Waals surface area (Å²) < 4.78 is 9.07. The number of benzene rings is 7. The third-order valence-electron chi connectivity index (χ3n) is 9.18. The Bertz CT molecular complexity index is 2790. The predicted molar refractivity (Wildman–Crippen MR) is 190 cm³/mol. The highest BCUT2D eigenvalue weighted by Gasteiger charge is 2.25. The maximum absolute atomic E-state index is 6.79. The zero-order valence-electron chi connectivity index (χ0n) is 24.7. The van der Waals surface area contributed by atoms with Gasteiger partial charge in [0.15, 0.2) is 11.4 Å². The summed E-state index contributed by atoms with van der Waals surface area (Å²) in [6, 6.07) is 52.8. The molecule has 46 heavy (non-hydrogen) atoms. The molecule has 0 N–H and O–H groups in total. The quantitative estimate of drug-likeness (QED) is 0.207. The van der Waals surface area contributed by atoms with Crippen molar-refractivity contribution in [3.05, 3.63) is 152 Å². The zero-order chi connectivity index (χ0) is 30.2. The number of para-hydroxylation sites is 4. The standard InChI is InChI=1S/C42H25N3O/c1-2-12-26(13-3-1)27-22-24-28(25-23-27)39-42(44-34-19-9-8-18-33(34)43-39)45-35-20-10-6-16-31(35)37-29-14-4-5-15-30(29)38-32-17-7-11-21-36(32)46-41(38)40(37)45/h1-25H. The van der Waals surface area contributed by atoms with E-state index >= 15 is 0 Å². The van der Waals surface area contributed by atoms with Gasteiger partial charge in [0.25, 0.3) is 0 Å². The Hall–Kier alpha value is -6.26. The van der Waals surface area contributed by atoms with Gasteiger partial charge in [0, 0.05) is 27.1 Å². The van der Waals surface area contributed by atoms with Gasteiger partial charge in [0.2, 0.25) is 0 Å². The van der Waals surface area contributed by atoms with Crippen molar-refractivity contribution < 1.29 is 4.42 Å². The lowest BCUT2D eigenvalue weighted by Crippen LogP contribution is -2.04. The summed E-state index contributed by atoms with van der Waals surface area (Å²) in [5.41, 5.74) is 9.63. The number of nitrogens with zero attached hydrogens (tertiary/aromatic N) is 3. The second kappa shape index (κ2) is 9.62. The molecule has 10 aromatic rings. The Balaban J connectivity index is 1.37. The molecule has 0 atom stereocenters. The summed E-state index contributed by atoms with van der Waals surface area (Å²) in [6.07, 6.45) is 0. The van der Waals surface area contributed by atoms with Gasteiger partial charge in [-0.2, -0.15) is 0 Å². The number of fused-ring (bicyclic) bond motifs is 11. The average molecular weight is 588 g/mol. The summed E-state index contributed by atoms with van der Waals surface area (Å²) >= 11 is 0. The molecule has 7 aromatic carbocycles. The average Bonchev–Trinajstić information content (AvgIpc) is 3.69. The maximum atomic E-state index is 6.79. The van der Waals surface area contributed by atoms with Crippen LogP contribution in [0.5, 0.6) is 0 Å². The maximum Gasteiger partial charge on any atom is 0.165 e. The molecule has 0 aliphatic rings. The van der Waals surface area contributed by atoms with Crippen molar-refractivity contribution in [1.82, 2.24) is 14.5 Å². The third-order valence-corrected chi connectivity index (χ3v) is 9.18. The molecule has 0 spiro atoms. The van der Waals surface area contributed by atoms with Crippen molar-refractivity contribution in [2.75, 3.05) is 0 Å². The molecular weight excluding hydrogens is 562 g/mol. The second-order valence-corrected chi connectivity index (χ2v) is 11.8. The van der Waals surface area contributed by atoms with Crippen LogP contribution in [-0.2, 0) is 0 Å². The van der Waals surface area contributed by atoms with E-state index in [1.807, 2.05) is 36.4 Å². The monoisotopic (exact) mass is 587 g/mol. The molecule has 0 radical (unpaired) electrons. The lowest BCUT2D eigenvalue weighted by molar-refractivity contribution is 0.671. The summed E-state index contributed by atoms with van der Waals surface area (Å²) in [7, 11) is 0. The van der Waals surface area contributed by atoms with Gasteiger partial charge in [-0.15, -0.1) is 0 Å². The molecule has 4 heteroatoms. The van der Waals surface area contributed by atoms with E-state index in [4.69, 9.17) is 14.4 Å². The summed E-state index contributed by atoms with van der Waals surface area (Å²) in [5.74, 6) is 0.773. The van der Waals surface area contributed by atoms with Crippen molar-refractivity contribution >= 4 is 65.6 Å². The second-order valence-electron chi connectivity index (χ2n) is 11.8. The van der Waals surface area contributed by atoms with Crippen LogP contribution < -0.4 is 0 Å². The number of rotatable bonds is 3. The van der Waals surface area contributed by atoms with Gasteiger partial charge in [-0.3, -0.25) is 4.57 Å². The largest absolute Gasteiger partial charge is 0.454 e. The lowest BCUT2D eigenvalue weighted by Gasteiger charge is -2.14. The minimum absolute atomic E-state index is 0.773. The van der Waals surface area contributed by atoms with Gasteiger partial charge in [0.05, 0.1) is 22.1 Å². The minimum Gasteiger partial charge on any atom is -0.454 e. The first-order chi connectivity index (χ1) is 22.8. The minimum atomic E-state index is 0.773. The van der Waals surface area contributed by atoms with E-state index in [0.717, 1.165) is 77.4 Å². The topological polar surface area (TPSA) is 43.9 Å². The van der Waals surface area contributed by atoms with Crippen LogP contribution >= 0.6 is 0 Å². The molecule has 0 amide bonds. The Kier molecular flexibility index (Phi) is 5.25.